The minimum Gasteiger partial charge on any atom is -0.289 e. The number of carbonyl (C=O) groups is 1. The number of ketones is 1. The molecule has 0 atom stereocenters. The number of rotatable bonds is 3. The van der Waals surface area contributed by atoms with E-state index < -0.39 is 0 Å². The highest BCUT2D eigenvalue weighted by Crippen LogP contribution is 2.08. The monoisotopic (exact) mass is 213 g/mol. The fraction of sp³-hybridized carbons (Fsp3) is 0.300. The van der Waals surface area contributed by atoms with Crippen LogP contribution in [0.2, 0.25) is 0 Å². The van der Waals surface area contributed by atoms with Gasteiger partial charge in [-0.25, -0.2) is 0 Å². The first kappa shape index (κ1) is 10.7. The summed E-state index contributed by atoms with van der Waals surface area (Å²) in [6, 6.07) is 7.36. The molecule has 0 amide bonds. The fourth-order valence-electron chi connectivity index (χ4n) is 0.993. The van der Waals surface area contributed by atoms with E-state index in [4.69, 9.17) is 0 Å². The summed E-state index contributed by atoms with van der Waals surface area (Å²) in [4.78, 5) is 12.4. The van der Waals surface area contributed by atoms with E-state index in [1.165, 1.54) is 0 Å². The second-order valence-electron chi connectivity index (χ2n) is 3.10. The minimum absolute atomic E-state index is 0.180. The van der Waals surface area contributed by atoms with Crippen LogP contribution in [-0.4, -0.2) is 24.0 Å². The van der Waals surface area contributed by atoms with E-state index in [1.54, 1.807) is 0 Å². The van der Waals surface area contributed by atoms with Crippen LogP contribution in [0.25, 0.3) is 0 Å². The van der Waals surface area contributed by atoms with Gasteiger partial charge in [0.1, 0.15) is 0 Å². The summed E-state index contributed by atoms with van der Waals surface area (Å²) in [6.45, 7) is 0. The Morgan fingerprint density at radius 1 is 1.31 bits per heavy atom. The van der Waals surface area contributed by atoms with Crippen molar-refractivity contribution in [3.8, 4) is 0 Å². The molecule has 0 aliphatic heterocycles. The van der Waals surface area contributed by atoms with Crippen molar-refractivity contribution in [2.45, 2.75) is 4.90 Å². The normalized spacial score (nSPS) is 10.5. The van der Waals surface area contributed by atoms with Gasteiger partial charge in [-0.3, -0.25) is 4.79 Å². The van der Waals surface area contributed by atoms with Crippen LogP contribution >= 0.6 is 12.6 Å². The second-order valence-corrected chi connectivity index (χ2v) is 5.88. The maximum absolute atomic E-state index is 11.5. The zero-order valence-corrected chi connectivity index (χ0v) is 9.49. The highest BCUT2D eigenvalue weighted by molar-refractivity contribution is 7.96. The Kier molecular flexibility index (Phi) is 3.88. The van der Waals surface area contributed by atoms with Crippen LogP contribution in [-0.2, 0) is 10.9 Å². The molecule has 0 aliphatic carbocycles. The lowest BCUT2D eigenvalue weighted by Crippen LogP contribution is -2.13. The summed E-state index contributed by atoms with van der Waals surface area (Å²) >= 11 is 4.16. The molecule has 0 radical (unpaired) electrons. The smallest absolute Gasteiger partial charge is 0.211 e. The Bertz CT molecular complexity index is 290. The van der Waals surface area contributed by atoms with Crippen LogP contribution < -0.4 is 0 Å². The summed E-state index contributed by atoms with van der Waals surface area (Å²) in [6.07, 6.45) is 4.15. The molecule has 0 fully saturated rings. The molecule has 0 aliphatic rings. The zero-order valence-electron chi connectivity index (χ0n) is 7.78. The van der Waals surface area contributed by atoms with Crippen molar-refractivity contribution in [2.24, 2.45) is 0 Å². The number of benzene rings is 1. The minimum atomic E-state index is 0.180. The van der Waals surface area contributed by atoms with Gasteiger partial charge in [-0.15, -0.1) is 12.6 Å². The lowest BCUT2D eigenvalue weighted by Gasteiger charge is -1.98. The van der Waals surface area contributed by atoms with Crippen molar-refractivity contribution >= 4 is 29.3 Å². The van der Waals surface area contributed by atoms with E-state index in [9.17, 15) is 4.79 Å². The Hall–Kier alpha value is -0.410. The molecule has 1 nitrogen and oxygen atoms in total. The Morgan fingerprint density at radius 3 is 2.31 bits per heavy atom. The first-order chi connectivity index (χ1) is 6.09. The third-order valence-corrected chi connectivity index (χ3v) is 2.75. The van der Waals surface area contributed by atoms with Crippen LogP contribution in [0.5, 0.6) is 0 Å². The van der Waals surface area contributed by atoms with Gasteiger partial charge in [0.2, 0.25) is 5.78 Å². The van der Waals surface area contributed by atoms with E-state index in [1.807, 2.05) is 24.3 Å². The molecule has 0 bridgehead atoms. The topological polar surface area (TPSA) is 17.1 Å². The van der Waals surface area contributed by atoms with Gasteiger partial charge in [0.25, 0.3) is 0 Å². The molecule has 0 saturated heterocycles. The number of carbonyl (C=O) groups excluding carboxylic acids is 1. The van der Waals surface area contributed by atoms with Crippen molar-refractivity contribution in [1.29, 1.82) is 0 Å². The average Bonchev–Trinajstić information content (AvgIpc) is 2.04. The second kappa shape index (κ2) is 4.72. The van der Waals surface area contributed by atoms with Crippen LogP contribution in [0, 0.1) is 0 Å². The van der Waals surface area contributed by atoms with E-state index in [-0.39, 0.29) is 16.7 Å². The van der Waals surface area contributed by atoms with Crippen molar-refractivity contribution in [1.82, 2.24) is 0 Å². The molecule has 0 unspecified atom stereocenters. The number of hydrogen-bond donors (Lipinski definition) is 1. The van der Waals surface area contributed by atoms with Crippen LogP contribution in [0.15, 0.2) is 29.2 Å². The Morgan fingerprint density at radius 2 is 1.85 bits per heavy atom. The summed E-state index contributed by atoms with van der Waals surface area (Å²) in [5, 5.41) is 0. The summed E-state index contributed by atoms with van der Waals surface area (Å²) in [7, 11) is 0.180. The quantitative estimate of drug-likeness (QED) is 0.462. The summed E-state index contributed by atoms with van der Waals surface area (Å²) < 4.78 is 0. The Balaban J connectivity index is 2.72. The molecule has 70 valence electrons. The highest BCUT2D eigenvalue weighted by atomic mass is 32.2. The van der Waals surface area contributed by atoms with Gasteiger partial charge in [0.05, 0.1) is 12.5 Å². The van der Waals surface area contributed by atoms with Crippen molar-refractivity contribution in [2.75, 3.05) is 18.3 Å². The van der Waals surface area contributed by atoms with Gasteiger partial charge in [0, 0.05) is 10.5 Å². The number of Topliss-reactive ketones (excluding diaryl/α,β-unsaturated/α-hetero) is 1. The van der Waals surface area contributed by atoms with Crippen LogP contribution in [0.4, 0.5) is 0 Å². The van der Waals surface area contributed by atoms with E-state index in [0.717, 1.165) is 10.5 Å². The maximum atomic E-state index is 11.5. The SMILES string of the molecule is C[S+](C)CC(=O)c1ccc(S)cc1. The zero-order chi connectivity index (χ0) is 9.84. The average molecular weight is 213 g/mol. The van der Waals surface area contributed by atoms with Gasteiger partial charge in [-0.2, -0.15) is 0 Å². The molecule has 1 aromatic rings. The number of thiol groups is 1. The van der Waals surface area contributed by atoms with Gasteiger partial charge >= 0.3 is 0 Å². The molecule has 0 aromatic heterocycles. The predicted molar refractivity (Wildman–Crippen MR) is 62.1 cm³/mol. The fourth-order valence-corrected chi connectivity index (χ4v) is 1.83. The molecular weight excluding hydrogens is 200 g/mol. The summed E-state index contributed by atoms with van der Waals surface area (Å²) in [5.74, 6) is 0.869. The Labute approximate surface area is 87.3 Å². The molecule has 1 aromatic carbocycles. The molecule has 0 heterocycles. The molecule has 0 N–H and O–H groups in total. The largest absolute Gasteiger partial charge is 0.289 e. The third kappa shape index (κ3) is 3.44. The van der Waals surface area contributed by atoms with Crippen molar-refractivity contribution < 1.29 is 4.79 Å². The van der Waals surface area contributed by atoms with Gasteiger partial charge < -0.3 is 0 Å². The number of hydrogen-bond acceptors (Lipinski definition) is 2. The molecular formula is C10H13OS2+. The molecule has 0 spiro atoms. The van der Waals surface area contributed by atoms with Crippen molar-refractivity contribution in [3.05, 3.63) is 29.8 Å². The van der Waals surface area contributed by atoms with E-state index in [2.05, 4.69) is 25.1 Å². The van der Waals surface area contributed by atoms with Gasteiger partial charge in [-0.1, -0.05) is 12.1 Å². The molecule has 0 saturated carbocycles. The lowest BCUT2D eigenvalue weighted by molar-refractivity contribution is 0.102. The van der Waals surface area contributed by atoms with Crippen molar-refractivity contribution in [3.63, 3.8) is 0 Å². The molecule has 13 heavy (non-hydrogen) atoms. The molecule has 3 heteroatoms. The first-order valence-electron chi connectivity index (χ1n) is 3.96. The summed E-state index contributed by atoms with van der Waals surface area (Å²) in [5.41, 5.74) is 0.791. The maximum Gasteiger partial charge on any atom is 0.211 e. The van der Waals surface area contributed by atoms with E-state index >= 15 is 0 Å². The van der Waals surface area contributed by atoms with E-state index in [0.29, 0.717) is 5.75 Å². The molecule has 1 rings (SSSR count). The van der Waals surface area contributed by atoms with Gasteiger partial charge in [-0.05, 0) is 23.0 Å². The first-order valence-corrected chi connectivity index (χ1v) is 6.62. The highest BCUT2D eigenvalue weighted by Gasteiger charge is 2.13. The van der Waals surface area contributed by atoms with Gasteiger partial charge in [0.15, 0.2) is 5.75 Å². The standard InChI is InChI=1S/C10H12OS2/c1-13(2)7-10(11)8-3-5-9(12)6-4-8/h3-6H,7H2,1-2H3/p+1. The lowest BCUT2D eigenvalue weighted by atomic mass is 10.1. The van der Waals surface area contributed by atoms with Crippen LogP contribution in [0.3, 0.4) is 0 Å². The third-order valence-electron chi connectivity index (χ3n) is 1.61. The van der Waals surface area contributed by atoms with Crippen LogP contribution in [0.1, 0.15) is 10.4 Å². The predicted octanol–water partition coefficient (Wildman–Crippen LogP) is 2.04.